The van der Waals surface area contributed by atoms with Crippen molar-refractivity contribution in [3.05, 3.63) is 22.7 Å². The van der Waals surface area contributed by atoms with Crippen LogP contribution in [0.1, 0.15) is 0 Å². The van der Waals surface area contributed by atoms with E-state index in [9.17, 15) is 0 Å². The van der Waals surface area contributed by atoms with Crippen molar-refractivity contribution in [2.75, 3.05) is 38.7 Å². The van der Waals surface area contributed by atoms with Gasteiger partial charge in [0.25, 0.3) is 0 Å². The first kappa shape index (κ1) is 12.7. The second-order valence-electron chi connectivity index (χ2n) is 3.93. The highest BCUT2D eigenvalue weighted by molar-refractivity contribution is 9.10. The van der Waals surface area contributed by atoms with Crippen LogP contribution in [0.4, 0.5) is 5.69 Å². The maximum absolute atomic E-state index is 5.61. The van der Waals surface area contributed by atoms with Crippen molar-refractivity contribution in [2.45, 2.75) is 6.10 Å². The summed E-state index contributed by atoms with van der Waals surface area (Å²) in [5.74, 6) is 0.839. The first-order valence-electron chi connectivity index (χ1n) is 5.69. The van der Waals surface area contributed by atoms with Crippen LogP contribution < -0.4 is 15.4 Å². The van der Waals surface area contributed by atoms with Gasteiger partial charge in [-0.1, -0.05) is 0 Å². The van der Waals surface area contributed by atoms with Gasteiger partial charge < -0.3 is 20.1 Å². The van der Waals surface area contributed by atoms with Crippen molar-refractivity contribution in [2.24, 2.45) is 0 Å². The summed E-state index contributed by atoms with van der Waals surface area (Å²) in [6.45, 7) is 3.46. The molecule has 1 aliphatic heterocycles. The van der Waals surface area contributed by atoms with Crippen LogP contribution >= 0.6 is 15.9 Å². The van der Waals surface area contributed by atoms with Gasteiger partial charge in [0.15, 0.2) is 0 Å². The largest absolute Gasteiger partial charge is 0.496 e. The van der Waals surface area contributed by atoms with E-state index in [1.54, 1.807) is 7.11 Å². The molecular weight excluding hydrogens is 284 g/mol. The molecule has 2 N–H and O–H groups in total. The van der Waals surface area contributed by atoms with Crippen molar-refractivity contribution in [1.29, 1.82) is 0 Å². The monoisotopic (exact) mass is 300 g/mol. The van der Waals surface area contributed by atoms with Crippen molar-refractivity contribution in [3.8, 4) is 5.75 Å². The Balaban J connectivity index is 1.87. The molecule has 0 saturated carbocycles. The standard InChI is InChI=1S/C12H17BrN2O2/c1-16-12-3-2-9(6-11(12)13)15-8-10-7-14-4-5-17-10/h2-3,6,10,14-15H,4-5,7-8H2,1H3. The third-order valence-electron chi connectivity index (χ3n) is 2.69. The zero-order valence-electron chi connectivity index (χ0n) is 9.83. The highest BCUT2D eigenvalue weighted by atomic mass is 79.9. The summed E-state index contributed by atoms with van der Waals surface area (Å²) in [6, 6.07) is 5.95. The van der Waals surface area contributed by atoms with E-state index in [2.05, 4.69) is 26.6 Å². The minimum absolute atomic E-state index is 0.240. The molecule has 2 rings (SSSR count). The molecule has 1 unspecified atom stereocenters. The van der Waals surface area contributed by atoms with E-state index in [4.69, 9.17) is 9.47 Å². The molecule has 5 heteroatoms. The zero-order chi connectivity index (χ0) is 12.1. The number of methoxy groups -OCH3 is 1. The number of ether oxygens (including phenoxy) is 2. The fourth-order valence-electron chi connectivity index (χ4n) is 1.76. The number of rotatable bonds is 4. The van der Waals surface area contributed by atoms with Gasteiger partial charge in [0.2, 0.25) is 0 Å². The van der Waals surface area contributed by atoms with E-state index in [1.807, 2.05) is 18.2 Å². The third kappa shape index (κ3) is 3.59. The van der Waals surface area contributed by atoms with Gasteiger partial charge in [-0.05, 0) is 34.1 Å². The summed E-state index contributed by atoms with van der Waals surface area (Å²) in [7, 11) is 1.66. The third-order valence-corrected chi connectivity index (χ3v) is 3.31. The Morgan fingerprint density at radius 2 is 2.47 bits per heavy atom. The van der Waals surface area contributed by atoms with Crippen molar-refractivity contribution in [3.63, 3.8) is 0 Å². The molecule has 1 aromatic rings. The van der Waals surface area contributed by atoms with Crippen LogP contribution in [0, 0.1) is 0 Å². The zero-order valence-corrected chi connectivity index (χ0v) is 11.4. The highest BCUT2D eigenvalue weighted by Gasteiger charge is 2.12. The van der Waals surface area contributed by atoms with Crippen molar-refractivity contribution >= 4 is 21.6 Å². The molecule has 94 valence electrons. The molecule has 1 aliphatic rings. The van der Waals surface area contributed by atoms with Gasteiger partial charge in [-0.15, -0.1) is 0 Å². The number of nitrogens with one attached hydrogen (secondary N) is 2. The first-order valence-corrected chi connectivity index (χ1v) is 6.48. The summed E-state index contributed by atoms with van der Waals surface area (Å²) in [6.07, 6.45) is 0.240. The SMILES string of the molecule is COc1ccc(NCC2CNCCO2)cc1Br. The Kier molecular flexibility index (Phi) is 4.65. The molecule has 0 radical (unpaired) electrons. The Bertz CT molecular complexity index is 368. The molecule has 0 aliphatic carbocycles. The molecule has 1 atom stereocenters. The Hall–Kier alpha value is -0.780. The fraction of sp³-hybridized carbons (Fsp3) is 0.500. The van der Waals surface area contributed by atoms with E-state index >= 15 is 0 Å². The van der Waals surface area contributed by atoms with Crippen molar-refractivity contribution in [1.82, 2.24) is 5.32 Å². The van der Waals surface area contributed by atoms with Gasteiger partial charge in [0.1, 0.15) is 5.75 Å². The van der Waals surface area contributed by atoms with Gasteiger partial charge in [-0.25, -0.2) is 0 Å². The predicted molar refractivity (Wildman–Crippen MR) is 71.8 cm³/mol. The quantitative estimate of drug-likeness (QED) is 0.891. The van der Waals surface area contributed by atoms with Crippen molar-refractivity contribution < 1.29 is 9.47 Å². The second kappa shape index (κ2) is 6.23. The number of hydrogen-bond acceptors (Lipinski definition) is 4. The summed E-state index contributed by atoms with van der Waals surface area (Å²) in [4.78, 5) is 0. The number of morpholine rings is 1. The minimum atomic E-state index is 0.240. The Morgan fingerprint density at radius 3 is 3.12 bits per heavy atom. The fourth-order valence-corrected chi connectivity index (χ4v) is 2.30. The lowest BCUT2D eigenvalue weighted by molar-refractivity contribution is 0.0372. The average molecular weight is 301 g/mol. The van der Waals surface area contributed by atoms with E-state index < -0.39 is 0 Å². The van der Waals surface area contributed by atoms with Crippen LogP contribution in [0.2, 0.25) is 0 Å². The topological polar surface area (TPSA) is 42.5 Å². The summed E-state index contributed by atoms with van der Waals surface area (Å²) in [5, 5.41) is 6.66. The highest BCUT2D eigenvalue weighted by Crippen LogP contribution is 2.27. The van der Waals surface area contributed by atoms with Crippen LogP contribution in [0.5, 0.6) is 5.75 Å². The van der Waals surface area contributed by atoms with Gasteiger partial charge in [0, 0.05) is 25.3 Å². The summed E-state index contributed by atoms with van der Waals surface area (Å²) in [5.41, 5.74) is 1.06. The number of benzene rings is 1. The minimum Gasteiger partial charge on any atom is -0.496 e. The van der Waals surface area contributed by atoms with E-state index in [-0.39, 0.29) is 6.10 Å². The second-order valence-corrected chi connectivity index (χ2v) is 4.78. The van der Waals surface area contributed by atoms with Gasteiger partial charge in [0.05, 0.1) is 24.3 Å². The lowest BCUT2D eigenvalue weighted by Crippen LogP contribution is -2.42. The molecular formula is C12H17BrN2O2. The molecule has 0 spiro atoms. The van der Waals surface area contributed by atoms with Gasteiger partial charge in [-0.3, -0.25) is 0 Å². The summed E-state index contributed by atoms with van der Waals surface area (Å²) < 4.78 is 11.8. The molecule has 1 heterocycles. The lowest BCUT2D eigenvalue weighted by atomic mass is 10.2. The van der Waals surface area contributed by atoms with Crippen LogP contribution in [0.25, 0.3) is 0 Å². The van der Waals surface area contributed by atoms with Crippen LogP contribution in [-0.4, -0.2) is 39.5 Å². The first-order chi connectivity index (χ1) is 8.29. The lowest BCUT2D eigenvalue weighted by Gasteiger charge is -2.24. The van der Waals surface area contributed by atoms with E-state index in [0.717, 1.165) is 42.2 Å². The molecule has 0 bridgehead atoms. The molecule has 0 aromatic heterocycles. The van der Waals surface area contributed by atoms with Gasteiger partial charge >= 0.3 is 0 Å². The van der Waals surface area contributed by atoms with Crippen LogP contribution in [-0.2, 0) is 4.74 Å². The molecule has 1 saturated heterocycles. The molecule has 0 amide bonds. The normalized spacial score (nSPS) is 20.0. The molecule has 17 heavy (non-hydrogen) atoms. The number of hydrogen-bond donors (Lipinski definition) is 2. The van der Waals surface area contributed by atoms with Crippen LogP contribution in [0.3, 0.4) is 0 Å². The van der Waals surface area contributed by atoms with E-state index in [0.29, 0.717) is 0 Å². The summed E-state index contributed by atoms with van der Waals surface area (Å²) >= 11 is 3.46. The maximum Gasteiger partial charge on any atom is 0.133 e. The average Bonchev–Trinajstić information content (AvgIpc) is 2.38. The molecule has 1 fully saturated rings. The predicted octanol–water partition coefficient (Wildman–Crippen LogP) is 1.86. The van der Waals surface area contributed by atoms with Gasteiger partial charge in [-0.2, -0.15) is 0 Å². The molecule has 1 aromatic carbocycles. The maximum atomic E-state index is 5.61. The molecule has 4 nitrogen and oxygen atoms in total. The number of halogens is 1. The number of anilines is 1. The Morgan fingerprint density at radius 1 is 1.59 bits per heavy atom. The smallest absolute Gasteiger partial charge is 0.133 e. The van der Waals surface area contributed by atoms with E-state index in [1.165, 1.54) is 0 Å². The van der Waals surface area contributed by atoms with Crippen LogP contribution in [0.15, 0.2) is 22.7 Å². The Labute approximate surface area is 110 Å².